The molecule has 1 N–H and O–H groups in total. The van der Waals surface area contributed by atoms with Crippen LogP contribution in [0.2, 0.25) is 0 Å². The molecule has 1 saturated carbocycles. The summed E-state index contributed by atoms with van der Waals surface area (Å²) < 4.78 is 33.6. The van der Waals surface area contributed by atoms with Gasteiger partial charge in [-0.05, 0) is 19.3 Å². The van der Waals surface area contributed by atoms with Gasteiger partial charge in [0, 0.05) is 18.9 Å². The smallest absolute Gasteiger partial charge is 0.302 e. The number of rotatable bonds is 3. The van der Waals surface area contributed by atoms with Crippen molar-refractivity contribution in [3.05, 3.63) is 0 Å². The summed E-state index contributed by atoms with van der Waals surface area (Å²) in [5, 5.41) is 9.70. The fraction of sp³-hybridized carbons (Fsp3) is 0.900. The predicted molar refractivity (Wildman–Crippen MR) is 58.4 cm³/mol. The lowest BCUT2D eigenvalue weighted by Crippen LogP contribution is -2.41. The average Bonchev–Trinajstić information content (AvgIpc) is 2.70. The predicted octanol–water partition coefficient (Wildman–Crippen LogP) is 0.0476. The van der Waals surface area contributed by atoms with Crippen molar-refractivity contribution in [1.82, 2.24) is 4.90 Å². The summed E-state index contributed by atoms with van der Waals surface area (Å²) in [7, 11) is -4.53. The van der Waals surface area contributed by atoms with Gasteiger partial charge in [0.15, 0.2) is 0 Å². The molecule has 1 aliphatic heterocycles. The molecule has 2 fully saturated rings. The summed E-state index contributed by atoms with van der Waals surface area (Å²) in [5.41, 5.74) is 0. The highest BCUT2D eigenvalue weighted by molar-refractivity contribution is 7.86. The van der Waals surface area contributed by atoms with Crippen LogP contribution in [-0.2, 0) is 15.0 Å². The summed E-state index contributed by atoms with van der Waals surface area (Å²) in [4.78, 5) is 13.2. The van der Waals surface area contributed by atoms with Crippen molar-refractivity contribution in [2.24, 2.45) is 5.92 Å². The number of aliphatic hydroxyl groups excluding tert-OH is 1. The van der Waals surface area contributed by atoms with Crippen LogP contribution < -0.4 is 0 Å². The van der Waals surface area contributed by atoms with Crippen LogP contribution >= 0.6 is 0 Å². The van der Waals surface area contributed by atoms with E-state index in [2.05, 4.69) is 0 Å². The van der Waals surface area contributed by atoms with Gasteiger partial charge in [-0.15, -0.1) is 3.89 Å². The minimum atomic E-state index is -4.53. The Kier molecular flexibility index (Phi) is 3.40. The van der Waals surface area contributed by atoms with Crippen LogP contribution in [0.3, 0.4) is 0 Å². The van der Waals surface area contributed by atoms with Gasteiger partial charge in [-0.3, -0.25) is 4.79 Å². The van der Waals surface area contributed by atoms with Gasteiger partial charge in [0.05, 0.1) is 17.9 Å². The van der Waals surface area contributed by atoms with E-state index in [0.717, 1.165) is 12.8 Å². The van der Waals surface area contributed by atoms with Gasteiger partial charge in [0.2, 0.25) is 5.91 Å². The largest absolute Gasteiger partial charge is 0.391 e. The van der Waals surface area contributed by atoms with Gasteiger partial charge in [0.1, 0.15) is 0 Å². The van der Waals surface area contributed by atoms with Crippen LogP contribution in [0.15, 0.2) is 0 Å². The van der Waals surface area contributed by atoms with Crippen LogP contribution in [0.5, 0.6) is 0 Å². The molecule has 7 heteroatoms. The van der Waals surface area contributed by atoms with Gasteiger partial charge in [-0.2, -0.15) is 8.42 Å². The van der Waals surface area contributed by atoms with E-state index in [-0.39, 0.29) is 24.9 Å². The molecular weight excluding hydrogens is 249 g/mol. The molecule has 0 bridgehead atoms. The van der Waals surface area contributed by atoms with Crippen molar-refractivity contribution in [2.45, 2.75) is 37.8 Å². The molecule has 0 aromatic carbocycles. The summed E-state index contributed by atoms with van der Waals surface area (Å²) in [6.07, 6.45) is 1.80. The normalized spacial score (nSPS) is 34.6. The Bertz CT molecular complexity index is 411. The van der Waals surface area contributed by atoms with Crippen LogP contribution in [0.1, 0.15) is 25.7 Å². The summed E-state index contributed by atoms with van der Waals surface area (Å²) in [5.74, 6) is -1.26. The van der Waals surface area contributed by atoms with Gasteiger partial charge in [-0.25, -0.2) is 0 Å². The molecule has 2 rings (SSSR count). The summed E-state index contributed by atoms with van der Waals surface area (Å²) in [6.45, 7) is 0.240. The van der Waals surface area contributed by atoms with Gasteiger partial charge < -0.3 is 10.0 Å². The number of hydrogen-bond donors (Lipinski definition) is 1. The fourth-order valence-electron chi connectivity index (χ4n) is 2.81. The SMILES string of the molecule is O=C1CC(CS(=O)(=O)F)CN1C1CCCC1O. The van der Waals surface area contributed by atoms with Crippen molar-refractivity contribution in [3.8, 4) is 0 Å². The molecule has 3 unspecified atom stereocenters. The van der Waals surface area contributed by atoms with E-state index in [4.69, 9.17) is 0 Å². The Hall–Kier alpha value is -0.690. The number of carbonyl (C=O) groups is 1. The van der Waals surface area contributed by atoms with Crippen molar-refractivity contribution >= 4 is 16.1 Å². The second-order valence-corrected chi connectivity index (χ2v) is 6.30. The van der Waals surface area contributed by atoms with Gasteiger partial charge in [-0.1, -0.05) is 0 Å². The number of amides is 1. The zero-order valence-corrected chi connectivity index (χ0v) is 10.2. The number of halogens is 1. The zero-order valence-electron chi connectivity index (χ0n) is 9.38. The second kappa shape index (κ2) is 4.53. The second-order valence-electron chi connectivity index (χ2n) is 4.89. The van der Waals surface area contributed by atoms with E-state index < -0.39 is 28.0 Å². The molecule has 1 heterocycles. The van der Waals surface area contributed by atoms with E-state index in [0.29, 0.717) is 6.42 Å². The van der Waals surface area contributed by atoms with Crippen LogP contribution in [0, 0.1) is 5.92 Å². The molecule has 1 amide bonds. The molecule has 1 aliphatic carbocycles. The Labute approximate surface area is 99.8 Å². The Morgan fingerprint density at radius 2 is 2.12 bits per heavy atom. The topological polar surface area (TPSA) is 74.7 Å². The minimum Gasteiger partial charge on any atom is -0.391 e. The number of hydrogen-bond acceptors (Lipinski definition) is 4. The molecule has 0 radical (unpaired) electrons. The first kappa shape index (κ1) is 12.8. The standard InChI is InChI=1S/C10H16FNO4S/c11-17(15,16)6-7-4-10(14)12(5-7)8-2-1-3-9(8)13/h7-9,13H,1-6H2. The molecule has 0 aromatic rings. The zero-order chi connectivity index (χ0) is 12.6. The van der Waals surface area contributed by atoms with E-state index in [9.17, 15) is 22.2 Å². The number of carbonyl (C=O) groups excluding carboxylic acids is 1. The van der Waals surface area contributed by atoms with E-state index in [1.807, 2.05) is 0 Å². The lowest BCUT2D eigenvalue weighted by atomic mass is 10.1. The maximum absolute atomic E-state index is 12.5. The van der Waals surface area contributed by atoms with E-state index in [1.165, 1.54) is 4.90 Å². The van der Waals surface area contributed by atoms with Crippen LogP contribution in [0.25, 0.3) is 0 Å². The first-order valence-electron chi connectivity index (χ1n) is 5.76. The highest BCUT2D eigenvalue weighted by atomic mass is 32.3. The van der Waals surface area contributed by atoms with Crippen molar-refractivity contribution in [2.75, 3.05) is 12.3 Å². The number of nitrogens with zero attached hydrogens (tertiary/aromatic N) is 1. The quantitative estimate of drug-likeness (QED) is 0.732. The highest BCUT2D eigenvalue weighted by Gasteiger charge is 2.40. The molecule has 2 aliphatic rings. The number of aliphatic hydroxyl groups is 1. The average molecular weight is 265 g/mol. The monoisotopic (exact) mass is 265 g/mol. The summed E-state index contributed by atoms with van der Waals surface area (Å²) >= 11 is 0. The van der Waals surface area contributed by atoms with Crippen molar-refractivity contribution in [1.29, 1.82) is 0 Å². The third-order valence-corrected chi connectivity index (χ3v) is 4.39. The molecule has 3 atom stereocenters. The Morgan fingerprint density at radius 1 is 1.41 bits per heavy atom. The number of likely N-dealkylation sites (tertiary alicyclic amines) is 1. The van der Waals surface area contributed by atoms with E-state index in [1.54, 1.807) is 0 Å². The van der Waals surface area contributed by atoms with Gasteiger partial charge >= 0.3 is 10.2 Å². The lowest BCUT2D eigenvalue weighted by molar-refractivity contribution is -0.131. The van der Waals surface area contributed by atoms with Crippen LogP contribution in [0.4, 0.5) is 3.89 Å². The molecule has 0 aromatic heterocycles. The molecular formula is C10H16FNO4S. The first-order chi connectivity index (χ1) is 7.87. The van der Waals surface area contributed by atoms with Crippen molar-refractivity contribution < 1.29 is 22.2 Å². The molecule has 17 heavy (non-hydrogen) atoms. The van der Waals surface area contributed by atoms with Gasteiger partial charge in [0.25, 0.3) is 0 Å². The minimum absolute atomic E-state index is 0.0619. The molecule has 5 nitrogen and oxygen atoms in total. The Balaban J connectivity index is 2.00. The third kappa shape index (κ3) is 2.95. The van der Waals surface area contributed by atoms with E-state index >= 15 is 0 Å². The van der Waals surface area contributed by atoms with Crippen LogP contribution in [-0.4, -0.2) is 48.8 Å². The maximum atomic E-state index is 12.5. The third-order valence-electron chi connectivity index (χ3n) is 3.52. The first-order valence-corrected chi connectivity index (χ1v) is 7.32. The summed E-state index contributed by atoms with van der Waals surface area (Å²) in [6, 6.07) is -0.213. The fourth-order valence-corrected chi connectivity index (χ4v) is 3.59. The molecule has 98 valence electrons. The van der Waals surface area contributed by atoms with Crippen molar-refractivity contribution in [3.63, 3.8) is 0 Å². The maximum Gasteiger partial charge on any atom is 0.302 e. The Morgan fingerprint density at radius 3 is 2.65 bits per heavy atom. The lowest BCUT2D eigenvalue weighted by Gasteiger charge is -2.26. The highest BCUT2D eigenvalue weighted by Crippen LogP contribution is 2.30. The molecule has 0 spiro atoms. The molecule has 1 saturated heterocycles.